The normalized spacial score (nSPS) is 12.8. The Balaban J connectivity index is 2.32. The standard InChI is InChI=1S/C15H13ClF3NO/c1-21-13-9-11(7-8-12(13)16)20-14(15(17,18)19)10-5-3-2-4-6-10/h2-9,14,20H,1H3. The summed E-state index contributed by atoms with van der Waals surface area (Å²) in [6.45, 7) is 0. The SMILES string of the molecule is COc1cc(NC(c2ccccc2)C(F)(F)F)ccc1Cl. The third-order valence-corrected chi connectivity index (χ3v) is 3.23. The molecular formula is C15H13ClF3NO. The van der Waals surface area contributed by atoms with Crippen LogP contribution in [0.4, 0.5) is 18.9 Å². The van der Waals surface area contributed by atoms with Gasteiger partial charge in [-0.25, -0.2) is 0 Å². The van der Waals surface area contributed by atoms with E-state index in [4.69, 9.17) is 16.3 Å². The molecule has 2 nitrogen and oxygen atoms in total. The van der Waals surface area contributed by atoms with Gasteiger partial charge in [-0.1, -0.05) is 41.9 Å². The Bertz CT molecular complexity index is 602. The Morgan fingerprint density at radius 1 is 1.10 bits per heavy atom. The molecule has 0 saturated heterocycles. The van der Waals surface area contributed by atoms with Gasteiger partial charge in [0.25, 0.3) is 0 Å². The fourth-order valence-electron chi connectivity index (χ4n) is 1.92. The number of anilines is 1. The maximum Gasteiger partial charge on any atom is 0.412 e. The van der Waals surface area contributed by atoms with E-state index in [1.54, 1.807) is 18.2 Å². The molecule has 0 radical (unpaired) electrons. The molecule has 0 amide bonds. The summed E-state index contributed by atoms with van der Waals surface area (Å²) < 4.78 is 44.7. The lowest BCUT2D eigenvalue weighted by Crippen LogP contribution is -2.27. The average Bonchev–Trinajstić information content (AvgIpc) is 2.46. The molecule has 0 aromatic heterocycles. The van der Waals surface area contributed by atoms with Gasteiger partial charge in [0.05, 0.1) is 12.1 Å². The number of halogens is 4. The Hall–Kier alpha value is -1.88. The summed E-state index contributed by atoms with van der Waals surface area (Å²) in [5.41, 5.74) is 0.418. The van der Waals surface area contributed by atoms with E-state index in [0.29, 0.717) is 10.8 Å². The van der Waals surface area contributed by atoms with E-state index < -0.39 is 12.2 Å². The van der Waals surface area contributed by atoms with Crippen LogP contribution in [-0.2, 0) is 0 Å². The topological polar surface area (TPSA) is 21.3 Å². The largest absolute Gasteiger partial charge is 0.495 e. The van der Waals surface area contributed by atoms with Crippen molar-refractivity contribution in [2.45, 2.75) is 12.2 Å². The first-order valence-electron chi connectivity index (χ1n) is 6.13. The second-order valence-corrected chi connectivity index (χ2v) is 4.79. The number of nitrogens with one attached hydrogen (secondary N) is 1. The van der Waals surface area contributed by atoms with E-state index in [1.807, 2.05) is 0 Å². The van der Waals surface area contributed by atoms with Gasteiger partial charge in [0.2, 0.25) is 0 Å². The van der Waals surface area contributed by atoms with Crippen LogP contribution in [0.5, 0.6) is 5.75 Å². The molecule has 2 rings (SSSR count). The fourth-order valence-corrected chi connectivity index (χ4v) is 2.11. The van der Waals surface area contributed by atoms with Gasteiger partial charge in [0, 0.05) is 11.8 Å². The van der Waals surface area contributed by atoms with E-state index in [9.17, 15) is 13.2 Å². The zero-order chi connectivity index (χ0) is 15.5. The van der Waals surface area contributed by atoms with Crippen molar-refractivity contribution < 1.29 is 17.9 Å². The molecule has 0 heterocycles. The van der Waals surface area contributed by atoms with Gasteiger partial charge < -0.3 is 10.1 Å². The second kappa shape index (κ2) is 6.26. The Morgan fingerprint density at radius 2 is 1.76 bits per heavy atom. The van der Waals surface area contributed by atoms with Crippen LogP contribution in [0.1, 0.15) is 11.6 Å². The Labute approximate surface area is 125 Å². The number of hydrogen-bond donors (Lipinski definition) is 1. The molecule has 112 valence electrons. The Kier molecular flexibility index (Phi) is 4.63. The van der Waals surface area contributed by atoms with Crippen LogP contribution in [0.2, 0.25) is 5.02 Å². The number of rotatable bonds is 4. The molecule has 0 aliphatic carbocycles. The van der Waals surface area contributed by atoms with Crippen molar-refractivity contribution >= 4 is 17.3 Å². The highest BCUT2D eigenvalue weighted by atomic mass is 35.5. The Morgan fingerprint density at radius 3 is 2.33 bits per heavy atom. The van der Waals surface area contributed by atoms with Gasteiger partial charge in [-0.05, 0) is 17.7 Å². The van der Waals surface area contributed by atoms with Crippen LogP contribution >= 0.6 is 11.6 Å². The van der Waals surface area contributed by atoms with Crippen LogP contribution < -0.4 is 10.1 Å². The monoisotopic (exact) mass is 315 g/mol. The number of ether oxygens (including phenoxy) is 1. The van der Waals surface area contributed by atoms with Crippen LogP contribution in [0.15, 0.2) is 48.5 Å². The lowest BCUT2D eigenvalue weighted by Gasteiger charge is -2.23. The summed E-state index contributed by atoms with van der Waals surface area (Å²) in [7, 11) is 1.41. The van der Waals surface area contributed by atoms with Crippen molar-refractivity contribution in [1.82, 2.24) is 0 Å². The summed E-state index contributed by atoms with van der Waals surface area (Å²) in [5, 5.41) is 2.81. The van der Waals surface area contributed by atoms with Crippen molar-refractivity contribution in [2.75, 3.05) is 12.4 Å². The minimum atomic E-state index is -4.42. The molecule has 0 fully saturated rings. The van der Waals surface area contributed by atoms with E-state index in [1.165, 1.54) is 37.4 Å². The molecular weight excluding hydrogens is 303 g/mol. The van der Waals surface area contributed by atoms with Gasteiger partial charge in [-0.15, -0.1) is 0 Å². The van der Waals surface area contributed by atoms with Crippen molar-refractivity contribution in [1.29, 1.82) is 0 Å². The van der Waals surface area contributed by atoms with E-state index in [0.717, 1.165) is 0 Å². The van der Waals surface area contributed by atoms with E-state index in [2.05, 4.69) is 5.32 Å². The minimum absolute atomic E-state index is 0.138. The first-order valence-corrected chi connectivity index (χ1v) is 6.51. The zero-order valence-corrected chi connectivity index (χ0v) is 11.9. The molecule has 0 bridgehead atoms. The van der Waals surface area contributed by atoms with Crippen molar-refractivity contribution in [3.8, 4) is 5.75 Å². The van der Waals surface area contributed by atoms with Gasteiger partial charge in [-0.2, -0.15) is 13.2 Å². The van der Waals surface area contributed by atoms with Crippen LogP contribution in [-0.4, -0.2) is 13.3 Å². The lowest BCUT2D eigenvalue weighted by molar-refractivity contribution is -0.144. The molecule has 1 unspecified atom stereocenters. The first-order chi connectivity index (χ1) is 9.91. The molecule has 0 spiro atoms. The smallest absolute Gasteiger partial charge is 0.412 e. The number of hydrogen-bond acceptors (Lipinski definition) is 2. The van der Waals surface area contributed by atoms with E-state index >= 15 is 0 Å². The predicted octanol–water partition coefficient (Wildman–Crippen LogP) is 5.06. The summed E-state index contributed by atoms with van der Waals surface area (Å²) in [6.07, 6.45) is -4.42. The van der Waals surface area contributed by atoms with Crippen LogP contribution in [0, 0.1) is 0 Å². The fraction of sp³-hybridized carbons (Fsp3) is 0.200. The highest BCUT2D eigenvalue weighted by Gasteiger charge is 2.40. The molecule has 2 aromatic rings. The van der Waals surface area contributed by atoms with E-state index in [-0.39, 0.29) is 11.3 Å². The summed E-state index contributed by atoms with van der Waals surface area (Å²) >= 11 is 5.86. The third kappa shape index (κ3) is 3.82. The molecule has 0 saturated carbocycles. The molecule has 21 heavy (non-hydrogen) atoms. The van der Waals surface area contributed by atoms with Crippen molar-refractivity contribution in [3.05, 3.63) is 59.1 Å². The molecule has 0 aliphatic heterocycles. The number of benzene rings is 2. The van der Waals surface area contributed by atoms with Gasteiger partial charge >= 0.3 is 6.18 Å². The quantitative estimate of drug-likeness (QED) is 0.851. The summed E-state index contributed by atoms with van der Waals surface area (Å²) in [6, 6.07) is 10.3. The highest BCUT2D eigenvalue weighted by molar-refractivity contribution is 6.32. The van der Waals surface area contributed by atoms with Crippen molar-refractivity contribution in [2.24, 2.45) is 0 Å². The van der Waals surface area contributed by atoms with Gasteiger partial charge in [0.1, 0.15) is 11.8 Å². The highest BCUT2D eigenvalue weighted by Crippen LogP contribution is 2.37. The number of methoxy groups -OCH3 is 1. The van der Waals surface area contributed by atoms with Crippen LogP contribution in [0.25, 0.3) is 0 Å². The summed E-state index contributed by atoms with van der Waals surface area (Å²) in [4.78, 5) is 0. The maximum atomic E-state index is 13.2. The molecule has 1 N–H and O–H groups in total. The zero-order valence-electron chi connectivity index (χ0n) is 11.1. The second-order valence-electron chi connectivity index (χ2n) is 4.38. The molecule has 1 atom stereocenters. The molecule has 6 heteroatoms. The lowest BCUT2D eigenvalue weighted by atomic mass is 10.1. The summed E-state index contributed by atoms with van der Waals surface area (Å²) in [5.74, 6) is 0.315. The van der Waals surface area contributed by atoms with Crippen molar-refractivity contribution in [3.63, 3.8) is 0 Å². The molecule has 0 aliphatic rings. The van der Waals surface area contributed by atoms with Crippen LogP contribution in [0.3, 0.4) is 0 Å². The minimum Gasteiger partial charge on any atom is -0.495 e. The molecule has 2 aromatic carbocycles. The van der Waals surface area contributed by atoms with Gasteiger partial charge in [-0.3, -0.25) is 0 Å². The average molecular weight is 316 g/mol. The number of alkyl halides is 3. The first kappa shape index (κ1) is 15.5. The van der Waals surface area contributed by atoms with Gasteiger partial charge in [0.15, 0.2) is 0 Å². The predicted molar refractivity (Wildman–Crippen MR) is 76.9 cm³/mol. The third-order valence-electron chi connectivity index (χ3n) is 2.92. The maximum absolute atomic E-state index is 13.2.